The van der Waals surface area contributed by atoms with Gasteiger partial charge in [0.1, 0.15) is 5.60 Å². The molecule has 0 spiro atoms. The quantitative estimate of drug-likeness (QED) is 0.685. The van der Waals surface area contributed by atoms with Crippen LogP contribution in [0.15, 0.2) is 23.8 Å². The molecule has 0 aromatic rings. The molecular weight excluding hydrogens is 384 g/mol. The van der Waals surface area contributed by atoms with Crippen LogP contribution in [0.4, 0.5) is 0 Å². The number of Topliss-reactive ketones (excluding diaryl/α,β-unsaturated/α-hetero) is 1. The Labute approximate surface area is 177 Å². The Morgan fingerprint density at radius 1 is 1.30 bits per heavy atom. The third-order valence-electron chi connectivity index (χ3n) is 8.84. The Balaban J connectivity index is 1.70. The minimum atomic E-state index is -1.61. The zero-order valence-electron chi connectivity index (χ0n) is 18.2. The molecule has 3 saturated carbocycles. The van der Waals surface area contributed by atoms with E-state index in [1.165, 1.54) is 6.92 Å². The first-order valence-corrected chi connectivity index (χ1v) is 11.0. The van der Waals surface area contributed by atoms with E-state index in [1.807, 2.05) is 13.0 Å². The predicted octanol–water partition coefficient (Wildman–Crippen LogP) is 2.37. The Kier molecular flexibility index (Phi) is 4.90. The van der Waals surface area contributed by atoms with Crippen molar-refractivity contribution in [1.29, 1.82) is 0 Å². The highest BCUT2D eigenvalue weighted by Crippen LogP contribution is 2.67. The minimum Gasteiger partial charge on any atom is -0.458 e. The number of ketones is 2. The highest BCUT2D eigenvalue weighted by atomic mass is 16.5. The van der Waals surface area contributed by atoms with Crippen molar-refractivity contribution in [2.24, 2.45) is 34.5 Å². The summed E-state index contributed by atoms with van der Waals surface area (Å²) in [5.74, 6) is -0.712. The van der Waals surface area contributed by atoms with Gasteiger partial charge in [0.05, 0.1) is 6.10 Å². The smallest absolute Gasteiger partial charge is 0.303 e. The number of esters is 1. The van der Waals surface area contributed by atoms with Gasteiger partial charge in [-0.2, -0.15) is 0 Å². The number of fused-ring (bicyclic) bond motifs is 5. The fourth-order valence-corrected chi connectivity index (χ4v) is 7.50. The number of rotatable bonds is 3. The van der Waals surface area contributed by atoms with Gasteiger partial charge in [-0.05, 0) is 55.6 Å². The number of allylic oxidation sites excluding steroid dienone is 4. The monoisotopic (exact) mass is 416 g/mol. The molecule has 0 amide bonds. The number of ether oxygens (including phenoxy) is 1. The van der Waals surface area contributed by atoms with E-state index in [9.17, 15) is 24.6 Å². The van der Waals surface area contributed by atoms with E-state index < -0.39 is 40.9 Å². The summed E-state index contributed by atoms with van der Waals surface area (Å²) in [6, 6.07) is 0. The van der Waals surface area contributed by atoms with Gasteiger partial charge in [0.25, 0.3) is 0 Å². The molecule has 164 valence electrons. The Hall–Kier alpha value is -1.79. The molecule has 0 aliphatic heterocycles. The fraction of sp³-hybridized carbons (Fsp3) is 0.708. The Bertz CT molecular complexity index is 858. The second kappa shape index (κ2) is 6.86. The number of carbonyl (C=O) groups is 3. The molecule has 0 saturated heterocycles. The summed E-state index contributed by atoms with van der Waals surface area (Å²) in [7, 11) is 0. The van der Waals surface area contributed by atoms with Crippen molar-refractivity contribution in [3.8, 4) is 0 Å². The van der Waals surface area contributed by atoms with Gasteiger partial charge < -0.3 is 14.9 Å². The van der Waals surface area contributed by atoms with Crippen LogP contribution in [0.2, 0.25) is 0 Å². The maximum absolute atomic E-state index is 12.9. The molecule has 8 atom stereocenters. The first kappa shape index (κ1) is 21.4. The summed E-state index contributed by atoms with van der Waals surface area (Å²) in [4.78, 5) is 36.1. The van der Waals surface area contributed by atoms with Crippen molar-refractivity contribution < 1.29 is 29.3 Å². The maximum Gasteiger partial charge on any atom is 0.303 e. The lowest BCUT2D eigenvalue weighted by molar-refractivity contribution is -0.182. The van der Waals surface area contributed by atoms with Crippen LogP contribution in [0.3, 0.4) is 0 Å². The van der Waals surface area contributed by atoms with Crippen LogP contribution < -0.4 is 0 Å². The molecule has 30 heavy (non-hydrogen) atoms. The molecule has 4 aliphatic carbocycles. The van der Waals surface area contributed by atoms with Gasteiger partial charge in [-0.25, -0.2) is 0 Å². The molecule has 0 aromatic carbocycles. The second-order valence-corrected chi connectivity index (χ2v) is 10.3. The maximum atomic E-state index is 12.9. The molecule has 4 aliphatic rings. The van der Waals surface area contributed by atoms with Gasteiger partial charge in [0.15, 0.2) is 12.4 Å². The first-order valence-electron chi connectivity index (χ1n) is 11.0. The van der Waals surface area contributed by atoms with Crippen LogP contribution in [0, 0.1) is 34.5 Å². The average Bonchev–Trinajstić information content (AvgIpc) is 2.93. The molecular formula is C24H32O6. The summed E-state index contributed by atoms with van der Waals surface area (Å²) in [5, 5.41) is 22.9. The van der Waals surface area contributed by atoms with E-state index in [-0.39, 0.29) is 29.5 Å². The number of aliphatic hydroxyl groups is 2. The van der Waals surface area contributed by atoms with Crippen LogP contribution >= 0.6 is 0 Å². The van der Waals surface area contributed by atoms with Crippen molar-refractivity contribution in [2.75, 3.05) is 6.61 Å². The summed E-state index contributed by atoms with van der Waals surface area (Å²) in [5.41, 5.74) is -1.72. The van der Waals surface area contributed by atoms with Crippen molar-refractivity contribution >= 4 is 17.5 Å². The summed E-state index contributed by atoms with van der Waals surface area (Å²) in [6.45, 7) is 6.94. The molecule has 0 aromatic heterocycles. The summed E-state index contributed by atoms with van der Waals surface area (Å²) < 4.78 is 4.89. The van der Waals surface area contributed by atoms with Gasteiger partial charge in [0, 0.05) is 23.7 Å². The van der Waals surface area contributed by atoms with Gasteiger partial charge >= 0.3 is 5.97 Å². The predicted molar refractivity (Wildman–Crippen MR) is 109 cm³/mol. The first-order chi connectivity index (χ1) is 13.9. The molecule has 2 N–H and O–H groups in total. The van der Waals surface area contributed by atoms with Crippen LogP contribution in [0.1, 0.15) is 53.4 Å². The normalized spacial score (nSPS) is 47.1. The number of aliphatic hydroxyl groups excluding tert-OH is 1. The van der Waals surface area contributed by atoms with Crippen LogP contribution in [-0.2, 0) is 19.1 Å². The van der Waals surface area contributed by atoms with E-state index in [1.54, 1.807) is 12.2 Å². The van der Waals surface area contributed by atoms with E-state index >= 15 is 0 Å². The Morgan fingerprint density at radius 3 is 2.67 bits per heavy atom. The van der Waals surface area contributed by atoms with Gasteiger partial charge in [-0.3, -0.25) is 14.4 Å². The lowest BCUT2D eigenvalue weighted by Gasteiger charge is -2.60. The molecule has 3 fully saturated rings. The third-order valence-corrected chi connectivity index (χ3v) is 8.84. The largest absolute Gasteiger partial charge is 0.458 e. The van der Waals surface area contributed by atoms with Gasteiger partial charge in [-0.15, -0.1) is 0 Å². The van der Waals surface area contributed by atoms with Gasteiger partial charge in [0.2, 0.25) is 5.78 Å². The van der Waals surface area contributed by atoms with Crippen molar-refractivity contribution in [3.63, 3.8) is 0 Å². The van der Waals surface area contributed by atoms with E-state index in [4.69, 9.17) is 4.74 Å². The van der Waals surface area contributed by atoms with Crippen molar-refractivity contribution in [2.45, 2.75) is 65.1 Å². The number of hydrogen-bond donors (Lipinski definition) is 2. The average molecular weight is 417 g/mol. The van der Waals surface area contributed by atoms with Gasteiger partial charge in [-0.1, -0.05) is 32.4 Å². The lowest BCUT2D eigenvalue weighted by atomic mass is 9.45. The van der Waals surface area contributed by atoms with E-state index in [0.717, 1.165) is 12.0 Å². The SMILES string of the molecule is CC(=O)OCC(=O)[C@@]1(O)CC[C@H]2[C@@H]3C[C@H](C)C4=CC(=O)C=C[C@@]4(C)[C@H]3[C@@H](O)C[C@@]21C. The topological polar surface area (TPSA) is 101 Å². The number of hydrogen-bond acceptors (Lipinski definition) is 6. The summed E-state index contributed by atoms with van der Waals surface area (Å²) in [6.07, 6.45) is 6.71. The van der Waals surface area contributed by atoms with E-state index in [0.29, 0.717) is 19.3 Å². The minimum absolute atomic E-state index is 0.00535. The molecule has 0 unspecified atom stereocenters. The molecule has 0 bridgehead atoms. The highest BCUT2D eigenvalue weighted by Gasteiger charge is 2.68. The molecule has 4 rings (SSSR count). The molecule has 0 radical (unpaired) electrons. The van der Waals surface area contributed by atoms with Crippen molar-refractivity contribution in [1.82, 2.24) is 0 Å². The zero-order chi connectivity index (χ0) is 22.1. The molecule has 6 nitrogen and oxygen atoms in total. The van der Waals surface area contributed by atoms with Crippen molar-refractivity contribution in [3.05, 3.63) is 23.8 Å². The zero-order valence-corrected chi connectivity index (χ0v) is 18.2. The third kappa shape index (κ3) is 2.79. The fourth-order valence-electron chi connectivity index (χ4n) is 7.50. The standard InChI is InChI=1S/C24H32O6/c1-13-9-16-17-6-8-24(29,20(28)12-30-14(2)25)23(17,4)11-19(27)21(16)22(3)7-5-15(26)10-18(13)22/h5,7,10,13,16-17,19,21,27,29H,6,8-9,11-12H2,1-4H3/t13-,16-,17-,19-,21+,22+,23-,24-/m0/s1. The Morgan fingerprint density at radius 2 is 2.00 bits per heavy atom. The van der Waals surface area contributed by atoms with Crippen LogP contribution in [0.5, 0.6) is 0 Å². The summed E-state index contributed by atoms with van der Waals surface area (Å²) >= 11 is 0. The lowest BCUT2D eigenvalue weighted by Crippen LogP contribution is -2.62. The molecule has 0 heterocycles. The van der Waals surface area contributed by atoms with Crippen LogP contribution in [0.25, 0.3) is 0 Å². The molecule has 6 heteroatoms. The second-order valence-electron chi connectivity index (χ2n) is 10.3. The number of carbonyl (C=O) groups excluding carboxylic acids is 3. The van der Waals surface area contributed by atoms with E-state index in [2.05, 4.69) is 13.8 Å². The highest BCUT2D eigenvalue weighted by molar-refractivity contribution is 6.01. The van der Waals surface area contributed by atoms with Crippen LogP contribution in [-0.4, -0.2) is 46.1 Å².